The predicted octanol–water partition coefficient (Wildman–Crippen LogP) is 1.80. The standard InChI is InChI=1S/C13H15ClN4/c14-10-3-1-2-9(6-10)7-13-17-16-12-5-4-11(15)8-18(12)13/h1-3,6,11H,4-5,7-8,15H2. The number of hydrogen-bond donors (Lipinski definition) is 1. The van der Waals surface area contributed by atoms with E-state index in [-0.39, 0.29) is 6.04 Å². The van der Waals surface area contributed by atoms with E-state index in [9.17, 15) is 0 Å². The van der Waals surface area contributed by atoms with Gasteiger partial charge in [0.15, 0.2) is 0 Å². The SMILES string of the molecule is NC1CCc2nnc(Cc3cccc(Cl)c3)n2C1. The van der Waals surface area contributed by atoms with E-state index in [0.29, 0.717) is 0 Å². The first-order valence-electron chi connectivity index (χ1n) is 6.13. The minimum absolute atomic E-state index is 0.214. The fourth-order valence-electron chi connectivity index (χ4n) is 2.37. The van der Waals surface area contributed by atoms with Crippen LogP contribution in [0.4, 0.5) is 0 Å². The van der Waals surface area contributed by atoms with Crippen LogP contribution in [0.2, 0.25) is 5.02 Å². The summed E-state index contributed by atoms with van der Waals surface area (Å²) in [4.78, 5) is 0. The lowest BCUT2D eigenvalue weighted by atomic mass is 10.1. The third kappa shape index (κ3) is 2.26. The molecular formula is C13H15ClN4. The van der Waals surface area contributed by atoms with E-state index in [4.69, 9.17) is 17.3 Å². The van der Waals surface area contributed by atoms with Crippen LogP contribution in [0.1, 0.15) is 23.6 Å². The minimum Gasteiger partial charge on any atom is -0.326 e. The zero-order valence-electron chi connectivity index (χ0n) is 10.0. The van der Waals surface area contributed by atoms with Gasteiger partial charge in [0.1, 0.15) is 11.6 Å². The number of hydrogen-bond acceptors (Lipinski definition) is 3. The molecule has 3 rings (SSSR count). The van der Waals surface area contributed by atoms with Crippen molar-refractivity contribution in [3.8, 4) is 0 Å². The molecule has 0 fully saturated rings. The molecule has 0 saturated heterocycles. The van der Waals surface area contributed by atoms with E-state index >= 15 is 0 Å². The van der Waals surface area contributed by atoms with Crippen molar-refractivity contribution in [2.24, 2.45) is 5.73 Å². The van der Waals surface area contributed by atoms with Crippen LogP contribution in [0, 0.1) is 0 Å². The Morgan fingerprint density at radius 3 is 3.11 bits per heavy atom. The predicted molar refractivity (Wildman–Crippen MR) is 70.6 cm³/mol. The number of halogens is 1. The molecule has 0 saturated carbocycles. The molecule has 0 radical (unpaired) electrons. The van der Waals surface area contributed by atoms with E-state index in [1.807, 2.05) is 18.2 Å². The van der Waals surface area contributed by atoms with Gasteiger partial charge in [-0.25, -0.2) is 0 Å². The van der Waals surface area contributed by atoms with Crippen molar-refractivity contribution >= 4 is 11.6 Å². The summed E-state index contributed by atoms with van der Waals surface area (Å²) >= 11 is 5.99. The molecule has 0 amide bonds. The molecule has 1 unspecified atom stereocenters. The zero-order chi connectivity index (χ0) is 12.5. The van der Waals surface area contributed by atoms with Crippen molar-refractivity contribution in [3.63, 3.8) is 0 Å². The second-order valence-electron chi connectivity index (χ2n) is 4.75. The minimum atomic E-state index is 0.214. The maximum Gasteiger partial charge on any atom is 0.137 e. The van der Waals surface area contributed by atoms with E-state index in [1.165, 1.54) is 0 Å². The van der Waals surface area contributed by atoms with Crippen LogP contribution in [0.3, 0.4) is 0 Å². The normalized spacial score (nSPS) is 18.7. The van der Waals surface area contributed by atoms with Crippen LogP contribution in [-0.2, 0) is 19.4 Å². The molecule has 2 heterocycles. The highest BCUT2D eigenvalue weighted by Gasteiger charge is 2.20. The first-order valence-corrected chi connectivity index (χ1v) is 6.51. The largest absolute Gasteiger partial charge is 0.326 e. The van der Waals surface area contributed by atoms with E-state index in [2.05, 4.69) is 20.8 Å². The zero-order valence-corrected chi connectivity index (χ0v) is 10.8. The summed E-state index contributed by atoms with van der Waals surface area (Å²) in [6.45, 7) is 0.818. The molecule has 1 atom stereocenters. The number of fused-ring (bicyclic) bond motifs is 1. The van der Waals surface area contributed by atoms with Crippen LogP contribution in [0.5, 0.6) is 0 Å². The number of nitrogens with two attached hydrogens (primary N) is 1. The van der Waals surface area contributed by atoms with Gasteiger partial charge in [-0.3, -0.25) is 0 Å². The van der Waals surface area contributed by atoms with E-state index < -0.39 is 0 Å². The Balaban J connectivity index is 1.87. The number of benzene rings is 1. The molecule has 1 aromatic carbocycles. The molecule has 4 nitrogen and oxygen atoms in total. The van der Waals surface area contributed by atoms with Gasteiger partial charge in [-0.1, -0.05) is 23.7 Å². The summed E-state index contributed by atoms with van der Waals surface area (Å²) in [7, 11) is 0. The second kappa shape index (κ2) is 4.71. The lowest BCUT2D eigenvalue weighted by Gasteiger charge is -2.20. The van der Waals surface area contributed by atoms with Crippen LogP contribution in [0.25, 0.3) is 0 Å². The summed E-state index contributed by atoms with van der Waals surface area (Å²) in [5.74, 6) is 2.02. The fraction of sp³-hybridized carbons (Fsp3) is 0.385. The first kappa shape index (κ1) is 11.7. The van der Waals surface area contributed by atoms with Gasteiger partial charge in [-0.2, -0.15) is 0 Å². The van der Waals surface area contributed by atoms with Gasteiger partial charge in [0, 0.05) is 30.5 Å². The summed E-state index contributed by atoms with van der Waals surface area (Å²) in [6.07, 6.45) is 2.67. The summed E-state index contributed by atoms with van der Waals surface area (Å²) in [6, 6.07) is 8.06. The summed E-state index contributed by atoms with van der Waals surface area (Å²) in [5, 5.41) is 9.26. The molecular weight excluding hydrogens is 248 g/mol. The molecule has 1 aromatic heterocycles. The Labute approximate surface area is 111 Å². The Hall–Kier alpha value is -1.39. The van der Waals surface area contributed by atoms with Crippen LogP contribution in [0.15, 0.2) is 24.3 Å². The molecule has 94 valence electrons. The van der Waals surface area contributed by atoms with Crippen molar-refractivity contribution < 1.29 is 0 Å². The van der Waals surface area contributed by atoms with Gasteiger partial charge in [-0.05, 0) is 24.1 Å². The van der Waals surface area contributed by atoms with Gasteiger partial charge < -0.3 is 10.3 Å². The van der Waals surface area contributed by atoms with Gasteiger partial charge in [0.2, 0.25) is 0 Å². The number of aromatic nitrogens is 3. The highest BCUT2D eigenvalue weighted by Crippen LogP contribution is 2.18. The average Bonchev–Trinajstić information content (AvgIpc) is 2.72. The Morgan fingerprint density at radius 2 is 2.28 bits per heavy atom. The highest BCUT2D eigenvalue weighted by atomic mass is 35.5. The number of rotatable bonds is 2. The van der Waals surface area contributed by atoms with Crippen molar-refractivity contribution in [2.45, 2.75) is 31.8 Å². The topological polar surface area (TPSA) is 56.7 Å². The Morgan fingerprint density at radius 1 is 1.39 bits per heavy atom. The molecule has 1 aliphatic rings. The van der Waals surface area contributed by atoms with Gasteiger partial charge in [0.05, 0.1) is 0 Å². The van der Waals surface area contributed by atoms with Crippen molar-refractivity contribution in [1.29, 1.82) is 0 Å². The van der Waals surface area contributed by atoms with Crippen molar-refractivity contribution in [2.75, 3.05) is 0 Å². The maximum atomic E-state index is 6.00. The molecule has 18 heavy (non-hydrogen) atoms. The van der Waals surface area contributed by atoms with Crippen LogP contribution < -0.4 is 5.73 Å². The van der Waals surface area contributed by atoms with E-state index in [1.54, 1.807) is 0 Å². The van der Waals surface area contributed by atoms with Gasteiger partial charge in [-0.15, -0.1) is 10.2 Å². The molecule has 2 N–H and O–H groups in total. The lowest BCUT2D eigenvalue weighted by molar-refractivity contribution is 0.445. The fourth-order valence-corrected chi connectivity index (χ4v) is 2.58. The molecule has 2 aromatic rings. The maximum absolute atomic E-state index is 6.00. The molecule has 5 heteroatoms. The van der Waals surface area contributed by atoms with Gasteiger partial charge >= 0.3 is 0 Å². The molecule has 1 aliphatic heterocycles. The highest BCUT2D eigenvalue weighted by molar-refractivity contribution is 6.30. The number of nitrogens with zero attached hydrogens (tertiary/aromatic N) is 3. The van der Waals surface area contributed by atoms with Crippen LogP contribution >= 0.6 is 11.6 Å². The molecule has 0 bridgehead atoms. The Kier molecular flexibility index (Phi) is 3.06. The monoisotopic (exact) mass is 262 g/mol. The molecule has 0 spiro atoms. The third-order valence-electron chi connectivity index (χ3n) is 3.31. The van der Waals surface area contributed by atoms with Crippen molar-refractivity contribution in [3.05, 3.63) is 46.5 Å². The van der Waals surface area contributed by atoms with E-state index in [0.717, 1.165) is 48.0 Å². The molecule has 0 aliphatic carbocycles. The third-order valence-corrected chi connectivity index (χ3v) is 3.55. The Bertz CT molecular complexity index is 564. The van der Waals surface area contributed by atoms with Crippen LogP contribution in [-0.4, -0.2) is 20.8 Å². The summed E-state index contributed by atoms with van der Waals surface area (Å²) < 4.78 is 2.15. The average molecular weight is 263 g/mol. The smallest absolute Gasteiger partial charge is 0.137 e. The van der Waals surface area contributed by atoms with Gasteiger partial charge in [0.25, 0.3) is 0 Å². The first-order chi connectivity index (χ1) is 8.72. The number of aryl methyl sites for hydroxylation is 1. The van der Waals surface area contributed by atoms with Crippen molar-refractivity contribution in [1.82, 2.24) is 14.8 Å². The quantitative estimate of drug-likeness (QED) is 0.898. The second-order valence-corrected chi connectivity index (χ2v) is 5.18. The summed E-state index contributed by atoms with van der Waals surface area (Å²) in [5.41, 5.74) is 7.15. The lowest BCUT2D eigenvalue weighted by Crippen LogP contribution is -2.32.